The number of hydrogen-bond donors (Lipinski definition) is 0. The van der Waals surface area contributed by atoms with E-state index in [0.29, 0.717) is 6.61 Å². The highest BCUT2D eigenvalue weighted by Gasteiger charge is 2.14. The monoisotopic (exact) mass is 348 g/mol. The highest BCUT2D eigenvalue weighted by Crippen LogP contribution is 2.30. The summed E-state index contributed by atoms with van der Waals surface area (Å²) >= 11 is 6.78. The highest BCUT2D eigenvalue weighted by molar-refractivity contribution is 9.09. The number of Topliss-reactive ketones (excluding diaryl/α,β-unsaturated/α-hetero) is 1. The number of ether oxygens (including phenoxy) is 1. The molecule has 1 aromatic carbocycles. The van der Waals surface area contributed by atoms with E-state index in [0.717, 1.165) is 22.2 Å². The van der Waals surface area contributed by atoms with Gasteiger partial charge in [-0.25, -0.2) is 0 Å². The molecule has 2 nitrogen and oxygen atoms in total. The molecule has 0 radical (unpaired) electrons. The van der Waals surface area contributed by atoms with Gasteiger partial charge in [0.1, 0.15) is 11.5 Å². The van der Waals surface area contributed by atoms with E-state index in [1.54, 1.807) is 6.92 Å². The largest absolute Gasteiger partial charge is 0.494 e. The van der Waals surface area contributed by atoms with Crippen LogP contribution in [-0.4, -0.2) is 12.4 Å². The lowest BCUT2D eigenvalue weighted by Crippen LogP contribution is -2.03. The van der Waals surface area contributed by atoms with E-state index in [-0.39, 0.29) is 10.6 Å². The second-order valence-corrected chi connectivity index (χ2v) is 4.88. The van der Waals surface area contributed by atoms with E-state index < -0.39 is 0 Å². The van der Waals surface area contributed by atoms with Gasteiger partial charge in [0.15, 0.2) is 0 Å². The van der Waals surface area contributed by atoms with Crippen LogP contribution in [0.15, 0.2) is 18.2 Å². The minimum Gasteiger partial charge on any atom is -0.494 e. The maximum Gasteiger partial charge on any atom is 0.147 e. The van der Waals surface area contributed by atoms with Crippen LogP contribution in [0, 0.1) is 0 Å². The molecule has 88 valence electrons. The molecular weight excluding hydrogens is 336 g/mol. The number of hydrogen-bond acceptors (Lipinski definition) is 2. The average molecular weight is 350 g/mol. The first-order valence-corrected chi connectivity index (χ1v) is 7.10. The molecule has 0 amide bonds. The highest BCUT2D eigenvalue weighted by atomic mass is 79.9. The first kappa shape index (κ1) is 13.7. The summed E-state index contributed by atoms with van der Waals surface area (Å²) in [6.07, 6.45) is 0. The van der Waals surface area contributed by atoms with Gasteiger partial charge in [0.25, 0.3) is 0 Å². The Labute approximate surface area is 113 Å². The number of rotatable bonds is 5. The molecule has 0 fully saturated rings. The minimum absolute atomic E-state index is 0.0917. The zero-order chi connectivity index (χ0) is 12.1. The molecule has 1 atom stereocenters. The van der Waals surface area contributed by atoms with Crippen molar-refractivity contribution >= 4 is 37.6 Å². The summed E-state index contributed by atoms with van der Waals surface area (Å²) in [5, 5.41) is 0.746. The van der Waals surface area contributed by atoms with E-state index in [1.165, 1.54) is 0 Å². The Morgan fingerprint density at radius 1 is 1.50 bits per heavy atom. The molecule has 0 heterocycles. The summed E-state index contributed by atoms with van der Waals surface area (Å²) < 4.78 is 5.54. The van der Waals surface area contributed by atoms with Crippen LogP contribution in [-0.2, 0) is 10.1 Å². The molecule has 0 saturated carbocycles. The van der Waals surface area contributed by atoms with Crippen LogP contribution in [0.5, 0.6) is 5.75 Å². The number of benzene rings is 1. The lowest BCUT2D eigenvalue weighted by Gasteiger charge is -2.12. The molecule has 0 aliphatic heterocycles. The molecule has 16 heavy (non-hydrogen) atoms. The fourth-order valence-electron chi connectivity index (χ4n) is 1.36. The van der Waals surface area contributed by atoms with Gasteiger partial charge in [-0.05, 0) is 25.5 Å². The van der Waals surface area contributed by atoms with Gasteiger partial charge < -0.3 is 4.74 Å². The summed E-state index contributed by atoms with van der Waals surface area (Å²) in [5.74, 6) is 0.927. The lowest BCUT2D eigenvalue weighted by molar-refractivity contribution is -0.116. The van der Waals surface area contributed by atoms with E-state index in [4.69, 9.17) is 4.74 Å². The van der Waals surface area contributed by atoms with Crippen molar-refractivity contribution in [3.05, 3.63) is 29.3 Å². The van der Waals surface area contributed by atoms with Crippen LogP contribution in [0.3, 0.4) is 0 Å². The molecule has 1 aromatic rings. The molecule has 0 saturated heterocycles. The van der Waals surface area contributed by atoms with E-state index in [2.05, 4.69) is 31.9 Å². The van der Waals surface area contributed by atoms with Crippen LogP contribution in [0.1, 0.15) is 29.8 Å². The third-order valence-corrected chi connectivity index (χ3v) is 3.96. The first-order chi connectivity index (χ1) is 7.60. The lowest BCUT2D eigenvalue weighted by atomic mass is 10.1. The van der Waals surface area contributed by atoms with Crippen LogP contribution in [0.4, 0.5) is 0 Å². The van der Waals surface area contributed by atoms with Crippen molar-refractivity contribution in [2.75, 3.05) is 6.61 Å². The Morgan fingerprint density at radius 2 is 2.19 bits per heavy atom. The maximum atomic E-state index is 11.3. The predicted octanol–water partition coefficient (Wildman–Crippen LogP) is 4.01. The summed E-state index contributed by atoms with van der Waals surface area (Å²) in [6, 6.07) is 5.84. The van der Waals surface area contributed by atoms with Crippen molar-refractivity contribution in [2.45, 2.75) is 24.0 Å². The van der Waals surface area contributed by atoms with Gasteiger partial charge in [0.2, 0.25) is 0 Å². The molecule has 0 bridgehead atoms. The van der Waals surface area contributed by atoms with Gasteiger partial charge in [-0.15, -0.1) is 0 Å². The van der Waals surface area contributed by atoms with Crippen molar-refractivity contribution in [1.82, 2.24) is 0 Å². The molecule has 0 aliphatic carbocycles. The van der Waals surface area contributed by atoms with Crippen LogP contribution in [0.25, 0.3) is 0 Å². The fourth-order valence-corrected chi connectivity index (χ4v) is 2.11. The number of alkyl halides is 2. The zero-order valence-electron chi connectivity index (χ0n) is 9.30. The summed E-state index contributed by atoms with van der Waals surface area (Å²) in [4.78, 5) is 11.0. The number of ketones is 1. The van der Waals surface area contributed by atoms with E-state index in [1.807, 2.05) is 25.1 Å². The smallest absolute Gasteiger partial charge is 0.147 e. The second kappa shape index (κ2) is 6.40. The Kier molecular flexibility index (Phi) is 5.49. The van der Waals surface area contributed by atoms with Crippen LogP contribution in [0.2, 0.25) is 0 Å². The summed E-state index contributed by atoms with van der Waals surface area (Å²) in [6.45, 7) is 4.13. The molecule has 0 spiro atoms. The molecule has 0 aliphatic rings. The van der Waals surface area contributed by atoms with Crippen molar-refractivity contribution < 1.29 is 9.53 Å². The van der Waals surface area contributed by atoms with Gasteiger partial charge in [-0.2, -0.15) is 0 Å². The predicted molar refractivity (Wildman–Crippen MR) is 72.6 cm³/mol. The molecule has 0 aromatic heterocycles. The van der Waals surface area contributed by atoms with Crippen molar-refractivity contribution in [1.29, 1.82) is 0 Å². The SMILES string of the molecule is CCOc1cc(C(Br)C(C)=O)ccc1CBr. The number of carbonyl (C=O) groups excluding carboxylic acids is 1. The molecule has 1 rings (SSSR count). The topological polar surface area (TPSA) is 26.3 Å². The molecule has 0 N–H and O–H groups in total. The Balaban J connectivity index is 3.05. The molecular formula is C12H14Br2O2. The summed E-state index contributed by atoms with van der Waals surface area (Å²) in [5.41, 5.74) is 2.02. The van der Waals surface area contributed by atoms with Crippen molar-refractivity contribution in [2.24, 2.45) is 0 Å². The normalized spacial score (nSPS) is 12.2. The van der Waals surface area contributed by atoms with Gasteiger partial charge in [-0.3, -0.25) is 4.79 Å². The Morgan fingerprint density at radius 3 is 2.69 bits per heavy atom. The average Bonchev–Trinajstić information content (AvgIpc) is 2.28. The number of carbonyl (C=O) groups is 1. The molecule has 4 heteroatoms. The van der Waals surface area contributed by atoms with Gasteiger partial charge in [-0.1, -0.05) is 44.0 Å². The van der Waals surface area contributed by atoms with Gasteiger partial charge >= 0.3 is 0 Å². The quantitative estimate of drug-likeness (QED) is 0.751. The third kappa shape index (κ3) is 3.32. The summed E-state index contributed by atoms with van der Waals surface area (Å²) in [7, 11) is 0. The Hall–Kier alpha value is -0.350. The van der Waals surface area contributed by atoms with E-state index in [9.17, 15) is 4.79 Å². The fraction of sp³-hybridized carbons (Fsp3) is 0.417. The van der Waals surface area contributed by atoms with Crippen molar-refractivity contribution in [3.8, 4) is 5.75 Å². The van der Waals surface area contributed by atoms with Gasteiger partial charge in [0, 0.05) is 10.9 Å². The first-order valence-electron chi connectivity index (χ1n) is 5.06. The van der Waals surface area contributed by atoms with E-state index >= 15 is 0 Å². The third-order valence-electron chi connectivity index (χ3n) is 2.18. The Bertz CT molecular complexity index is 377. The zero-order valence-corrected chi connectivity index (χ0v) is 12.5. The second-order valence-electron chi connectivity index (χ2n) is 3.41. The van der Waals surface area contributed by atoms with Crippen molar-refractivity contribution in [3.63, 3.8) is 0 Å². The molecule has 1 unspecified atom stereocenters. The standard InChI is InChI=1S/C12H14Br2O2/c1-3-16-11-6-9(12(14)8(2)15)4-5-10(11)7-13/h4-6,12H,3,7H2,1-2H3. The van der Waals surface area contributed by atoms with Crippen LogP contribution >= 0.6 is 31.9 Å². The number of halogens is 2. The van der Waals surface area contributed by atoms with Gasteiger partial charge in [0.05, 0.1) is 11.4 Å². The maximum absolute atomic E-state index is 11.3. The minimum atomic E-state index is -0.254. The van der Waals surface area contributed by atoms with Crippen LogP contribution < -0.4 is 4.74 Å².